The lowest BCUT2D eigenvalue weighted by Gasteiger charge is -2.23. The molecule has 0 amide bonds. The van der Waals surface area contributed by atoms with E-state index in [2.05, 4.69) is 182 Å². The molecule has 9 aromatic rings. The van der Waals surface area contributed by atoms with Gasteiger partial charge in [0.15, 0.2) is 0 Å². The summed E-state index contributed by atoms with van der Waals surface area (Å²) in [4.78, 5) is 18.3. The maximum Gasteiger partial charge on any atom is 0.124 e. The Bertz CT molecular complexity index is 2290. The Balaban J connectivity index is 1.16. The first kappa shape index (κ1) is 31.7. The number of fused-ring (bicyclic) bond motifs is 3. The molecule has 3 aromatic heterocycles. The van der Waals surface area contributed by atoms with Gasteiger partial charge in [0.2, 0.25) is 0 Å². The summed E-state index contributed by atoms with van der Waals surface area (Å²) in [6.07, 6.45) is 0. The maximum absolute atomic E-state index is 5.26. The van der Waals surface area contributed by atoms with Crippen LogP contribution < -0.4 is 0 Å². The lowest BCUT2D eigenvalue weighted by Crippen LogP contribution is -2.28. The maximum atomic E-state index is 5.26. The highest BCUT2D eigenvalue weighted by atomic mass is 15.2. The van der Waals surface area contributed by atoms with Crippen LogP contribution in [0, 0.1) is 0 Å². The third-order valence-electron chi connectivity index (χ3n) is 9.85. The topological polar surface area (TPSA) is 56.7 Å². The molecule has 0 atom stereocenters. The molecular weight excluding hydrogens is 639 g/mol. The van der Waals surface area contributed by atoms with Crippen molar-refractivity contribution in [2.75, 3.05) is 0 Å². The van der Waals surface area contributed by atoms with Gasteiger partial charge in [-0.05, 0) is 53.1 Å². The van der Waals surface area contributed by atoms with Gasteiger partial charge in [-0.2, -0.15) is 0 Å². The van der Waals surface area contributed by atoms with E-state index in [9.17, 15) is 0 Å². The molecule has 7 heteroatoms. The van der Waals surface area contributed by atoms with Crippen LogP contribution in [0.1, 0.15) is 34.2 Å². The number of para-hydroxylation sites is 6. The quantitative estimate of drug-likeness (QED) is 0.130. The van der Waals surface area contributed by atoms with E-state index >= 15 is 0 Å². The van der Waals surface area contributed by atoms with Crippen molar-refractivity contribution in [3.05, 3.63) is 198 Å². The third-order valence-corrected chi connectivity index (χ3v) is 9.85. The van der Waals surface area contributed by atoms with Crippen molar-refractivity contribution in [2.45, 2.75) is 39.3 Å². The molecule has 9 rings (SSSR count). The van der Waals surface area contributed by atoms with Crippen molar-refractivity contribution in [1.82, 2.24) is 33.6 Å². The van der Waals surface area contributed by atoms with Gasteiger partial charge >= 0.3 is 0 Å². The number of nitrogens with zero attached hydrogens (tertiary/aromatic N) is 7. The van der Waals surface area contributed by atoms with E-state index in [1.54, 1.807) is 0 Å². The second-order valence-corrected chi connectivity index (χ2v) is 13.4. The van der Waals surface area contributed by atoms with Gasteiger partial charge in [0.1, 0.15) is 17.5 Å². The first-order chi connectivity index (χ1) is 25.7. The number of imidazole rings is 3. The van der Waals surface area contributed by atoms with Gasteiger partial charge in [-0.3, -0.25) is 4.90 Å². The van der Waals surface area contributed by atoms with Crippen LogP contribution in [-0.2, 0) is 39.3 Å². The molecule has 0 bridgehead atoms. The van der Waals surface area contributed by atoms with E-state index in [0.717, 1.165) is 70.2 Å². The fourth-order valence-corrected chi connectivity index (χ4v) is 7.33. The Morgan fingerprint density at radius 1 is 0.327 bits per heavy atom. The van der Waals surface area contributed by atoms with Gasteiger partial charge in [0.05, 0.1) is 52.7 Å². The smallest absolute Gasteiger partial charge is 0.124 e. The molecule has 0 fully saturated rings. The Labute approximate surface area is 303 Å². The summed E-state index contributed by atoms with van der Waals surface area (Å²) in [5.74, 6) is 3.05. The predicted octanol–water partition coefficient (Wildman–Crippen LogP) is 9.08. The summed E-state index contributed by atoms with van der Waals surface area (Å²) >= 11 is 0. The van der Waals surface area contributed by atoms with Crippen LogP contribution in [0.2, 0.25) is 0 Å². The van der Waals surface area contributed by atoms with Gasteiger partial charge in [0.25, 0.3) is 0 Å². The number of hydrogen-bond acceptors (Lipinski definition) is 4. The summed E-state index contributed by atoms with van der Waals surface area (Å²) in [5.41, 5.74) is 10.1. The molecule has 0 radical (unpaired) electrons. The van der Waals surface area contributed by atoms with Crippen LogP contribution >= 0.6 is 0 Å². The highest BCUT2D eigenvalue weighted by Gasteiger charge is 2.22. The van der Waals surface area contributed by atoms with E-state index in [0.29, 0.717) is 19.6 Å². The fraction of sp³-hybridized carbons (Fsp3) is 0.133. The predicted molar refractivity (Wildman–Crippen MR) is 209 cm³/mol. The second kappa shape index (κ2) is 14.1. The molecule has 0 unspecified atom stereocenters. The number of aromatic nitrogens is 6. The standard InChI is InChI=1S/C45H39N7/c1-4-16-34(17-5-1)28-50-40-25-13-10-22-37(40)46-43(50)31-49(32-44-47-38-23-11-14-26-41(38)51(44)29-35-18-6-2-7-19-35)33-45-48-39-24-12-15-27-42(39)52(45)30-36-20-8-3-9-21-36/h1-27H,28-33H2. The van der Waals surface area contributed by atoms with Crippen LogP contribution in [0.25, 0.3) is 33.1 Å². The molecule has 0 saturated carbocycles. The second-order valence-electron chi connectivity index (χ2n) is 13.4. The number of benzene rings is 6. The van der Waals surface area contributed by atoms with Crippen LogP contribution in [0.4, 0.5) is 0 Å². The third kappa shape index (κ3) is 6.50. The molecule has 0 aliphatic rings. The van der Waals surface area contributed by atoms with Gasteiger partial charge in [-0.25, -0.2) is 15.0 Å². The van der Waals surface area contributed by atoms with Gasteiger partial charge in [-0.15, -0.1) is 0 Å². The highest BCUT2D eigenvalue weighted by molar-refractivity contribution is 5.77. The Morgan fingerprint density at radius 2 is 0.596 bits per heavy atom. The summed E-state index contributed by atoms with van der Waals surface area (Å²) in [6.45, 7) is 4.07. The van der Waals surface area contributed by atoms with Gasteiger partial charge in [-0.1, -0.05) is 127 Å². The molecule has 6 aromatic carbocycles. The lowest BCUT2D eigenvalue weighted by molar-refractivity contribution is 0.222. The Kier molecular flexibility index (Phi) is 8.60. The van der Waals surface area contributed by atoms with Crippen molar-refractivity contribution >= 4 is 33.1 Å². The molecule has 0 saturated heterocycles. The minimum absolute atomic E-state index is 0.616. The summed E-state index contributed by atoms with van der Waals surface area (Å²) in [6, 6.07) is 57.4. The van der Waals surface area contributed by atoms with E-state index in [-0.39, 0.29) is 0 Å². The van der Waals surface area contributed by atoms with Gasteiger partial charge < -0.3 is 13.7 Å². The van der Waals surface area contributed by atoms with Crippen LogP contribution in [-0.4, -0.2) is 33.6 Å². The summed E-state index contributed by atoms with van der Waals surface area (Å²) in [7, 11) is 0. The molecule has 254 valence electrons. The molecule has 0 spiro atoms. The highest BCUT2D eigenvalue weighted by Crippen LogP contribution is 2.26. The van der Waals surface area contributed by atoms with E-state index in [4.69, 9.17) is 15.0 Å². The minimum atomic E-state index is 0.616. The average Bonchev–Trinajstić information content (AvgIpc) is 3.83. The number of hydrogen-bond donors (Lipinski definition) is 0. The summed E-state index contributed by atoms with van der Waals surface area (Å²) in [5, 5.41) is 0. The fourth-order valence-electron chi connectivity index (χ4n) is 7.33. The molecule has 0 aliphatic heterocycles. The van der Waals surface area contributed by atoms with Crippen molar-refractivity contribution in [3.63, 3.8) is 0 Å². The zero-order valence-corrected chi connectivity index (χ0v) is 29.0. The molecule has 7 nitrogen and oxygen atoms in total. The van der Waals surface area contributed by atoms with Crippen LogP contribution in [0.3, 0.4) is 0 Å². The molecule has 0 aliphatic carbocycles. The molecule has 3 heterocycles. The van der Waals surface area contributed by atoms with E-state index < -0.39 is 0 Å². The first-order valence-corrected chi connectivity index (χ1v) is 17.9. The van der Waals surface area contributed by atoms with Crippen LogP contribution in [0.5, 0.6) is 0 Å². The van der Waals surface area contributed by atoms with Crippen molar-refractivity contribution in [3.8, 4) is 0 Å². The SMILES string of the molecule is c1ccc(Cn2c(CN(Cc3nc4ccccc4n3Cc3ccccc3)Cc3nc4ccccc4n3Cc3ccccc3)nc3ccccc32)cc1. The molecule has 52 heavy (non-hydrogen) atoms. The Morgan fingerprint density at radius 3 is 0.904 bits per heavy atom. The normalized spacial score (nSPS) is 11.7. The largest absolute Gasteiger partial charge is 0.322 e. The monoisotopic (exact) mass is 677 g/mol. The van der Waals surface area contributed by atoms with E-state index in [1.165, 1.54) is 16.7 Å². The molecular formula is C45H39N7. The van der Waals surface area contributed by atoms with Gasteiger partial charge in [0, 0.05) is 19.6 Å². The average molecular weight is 678 g/mol. The van der Waals surface area contributed by atoms with Crippen LogP contribution in [0.15, 0.2) is 164 Å². The lowest BCUT2D eigenvalue weighted by atomic mass is 10.2. The molecule has 0 N–H and O–H groups in total. The first-order valence-electron chi connectivity index (χ1n) is 17.9. The van der Waals surface area contributed by atoms with Crippen molar-refractivity contribution in [1.29, 1.82) is 0 Å². The van der Waals surface area contributed by atoms with E-state index in [1.807, 2.05) is 0 Å². The number of rotatable bonds is 12. The summed E-state index contributed by atoms with van der Waals surface area (Å²) < 4.78 is 7.12. The minimum Gasteiger partial charge on any atom is -0.322 e. The zero-order valence-electron chi connectivity index (χ0n) is 29.0. The van der Waals surface area contributed by atoms with Crippen molar-refractivity contribution < 1.29 is 0 Å². The van der Waals surface area contributed by atoms with Crippen molar-refractivity contribution in [2.24, 2.45) is 0 Å². The zero-order chi connectivity index (χ0) is 34.7. The Hall–Kier alpha value is -6.31.